The highest BCUT2D eigenvalue weighted by molar-refractivity contribution is 7.14. The number of amides is 1. The topological polar surface area (TPSA) is 61.8 Å². The quantitative estimate of drug-likeness (QED) is 0.779. The van der Waals surface area contributed by atoms with Crippen LogP contribution >= 0.6 is 11.3 Å². The van der Waals surface area contributed by atoms with Crippen LogP contribution in [0.2, 0.25) is 0 Å². The third-order valence-corrected chi connectivity index (χ3v) is 3.95. The number of thiophene rings is 1. The first-order valence-corrected chi connectivity index (χ1v) is 7.28. The molecule has 0 aliphatic carbocycles. The molecule has 0 spiro atoms. The standard InChI is InChI=1S/C14H18N2O3S/c1-16-6-8-19-11(10-16)9-15-14(18)13-5-4-12(20-13)3-2-7-17/h4-5,11,17H,6-10H2,1H3,(H,15,18). The van der Waals surface area contributed by atoms with Crippen LogP contribution in [0.1, 0.15) is 14.5 Å². The first-order valence-electron chi connectivity index (χ1n) is 6.47. The van der Waals surface area contributed by atoms with Gasteiger partial charge in [-0.2, -0.15) is 0 Å². The Hall–Kier alpha value is -1.39. The highest BCUT2D eigenvalue weighted by atomic mass is 32.1. The summed E-state index contributed by atoms with van der Waals surface area (Å²) in [6.45, 7) is 2.81. The van der Waals surface area contributed by atoms with E-state index < -0.39 is 0 Å². The van der Waals surface area contributed by atoms with Gasteiger partial charge in [-0.1, -0.05) is 11.8 Å². The van der Waals surface area contributed by atoms with Crippen LogP contribution < -0.4 is 5.32 Å². The van der Waals surface area contributed by atoms with E-state index in [1.165, 1.54) is 11.3 Å². The summed E-state index contributed by atoms with van der Waals surface area (Å²) in [5.74, 6) is 5.24. The summed E-state index contributed by atoms with van der Waals surface area (Å²) in [6.07, 6.45) is 0.0475. The average Bonchev–Trinajstić information content (AvgIpc) is 2.91. The summed E-state index contributed by atoms with van der Waals surface area (Å²) in [4.78, 5) is 15.6. The Labute approximate surface area is 122 Å². The fourth-order valence-electron chi connectivity index (χ4n) is 1.94. The van der Waals surface area contributed by atoms with Gasteiger partial charge in [-0.3, -0.25) is 4.79 Å². The summed E-state index contributed by atoms with van der Waals surface area (Å²) in [5, 5.41) is 11.5. The molecular formula is C14H18N2O3S. The van der Waals surface area contributed by atoms with Crippen LogP contribution in [0.3, 0.4) is 0 Å². The van der Waals surface area contributed by atoms with E-state index in [-0.39, 0.29) is 18.6 Å². The maximum absolute atomic E-state index is 12.0. The van der Waals surface area contributed by atoms with Gasteiger partial charge in [0, 0.05) is 19.6 Å². The molecule has 1 aliphatic rings. The second-order valence-electron chi connectivity index (χ2n) is 4.59. The van der Waals surface area contributed by atoms with Gasteiger partial charge in [-0.25, -0.2) is 0 Å². The van der Waals surface area contributed by atoms with Crippen LogP contribution in [-0.2, 0) is 4.74 Å². The molecule has 0 radical (unpaired) electrons. The molecule has 1 aliphatic heterocycles. The van der Waals surface area contributed by atoms with Crippen molar-refractivity contribution in [2.24, 2.45) is 0 Å². The SMILES string of the molecule is CN1CCOC(CNC(=O)c2ccc(C#CCO)s2)C1. The molecule has 1 fully saturated rings. The number of aliphatic hydroxyl groups excluding tert-OH is 1. The molecule has 1 unspecified atom stereocenters. The van der Waals surface area contributed by atoms with Crippen molar-refractivity contribution in [2.45, 2.75) is 6.10 Å². The highest BCUT2D eigenvalue weighted by Crippen LogP contribution is 2.15. The van der Waals surface area contributed by atoms with Crippen molar-refractivity contribution in [1.29, 1.82) is 0 Å². The molecule has 108 valence electrons. The molecule has 0 bridgehead atoms. The summed E-state index contributed by atoms with van der Waals surface area (Å²) < 4.78 is 5.59. The molecule has 20 heavy (non-hydrogen) atoms. The Morgan fingerprint density at radius 2 is 2.50 bits per heavy atom. The van der Waals surface area contributed by atoms with Crippen LogP contribution in [0.5, 0.6) is 0 Å². The zero-order valence-electron chi connectivity index (χ0n) is 11.4. The average molecular weight is 294 g/mol. The minimum atomic E-state index is -0.175. The van der Waals surface area contributed by atoms with Crippen molar-refractivity contribution in [2.75, 3.05) is 39.9 Å². The lowest BCUT2D eigenvalue weighted by Crippen LogP contribution is -2.45. The Bertz CT molecular complexity index is 518. The number of nitrogens with zero attached hydrogens (tertiary/aromatic N) is 1. The largest absolute Gasteiger partial charge is 0.384 e. The van der Waals surface area contributed by atoms with Gasteiger partial charge < -0.3 is 20.1 Å². The van der Waals surface area contributed by atoms with Crippen molar-refractivity contribution >= 4 is 17.2 Å². The number of rotatable bonds is 3. The third kappa shape index (κ3) is 4.32. The first-order chi connectivity index (χ1) is 9.69. The van der Waals surface area contributed by atoms with Crippen molar-refractivity contribution < 1.29 is 14.6 Å². The van der Waals surface area contributed by atoms with E-state index in [2.05, 4.69) is 22.1 Å². The number of carbonyl (C=O) groups excluding carboxylic acids is 1. The van der Waals surface area contributed by atoms with Crippen LogP contribution in [0, 0.1) is 11.8 Å². The Kier molecular flexibility index (Phi) is 5.56. The van der Waals surface area contributed by atoms with E-state index in [1.54, 1.807) is 12.1 Å². The van der Waals surface area contributed by atoms with Gasteiger partial charge in [0.2, 0.25) is 0 Å². The van der Waals surface area contributed by atoms with Crippen LogP contribution in [0.25, 0.3) is 0 Å². The third-order valence-electron chi connectivity index (χ3n) is 2.95. The Balaban J connectivity index is 1.83. The maximum atomic E-state index is 12.0. The Morgan fingerprint density at radius 3 is 3.25 bits per heavy atom. The smallest absolute Gasteiger partial charge is 0.261 e. The van der Waals surface area contributed by atoms with Gasteiger partial charge in [0.05, 0.1) is 22.5 Å². The van der Waals surface area contributed by atoms with Gasteiger partial charge in [-0.05, 0) is 19.2 Å². The number of aliphatic hydroxyl groups is 1. The van der Waals surface area contributed by atoms with Crippen LogP contribution in [0.4, 0.5) is 0 Å². The molecule has 1 aromatic rings. The molecule has 1 saturated heterocycles. The number of nitrogens with one attached hydrogen (secondary N) is 1. The van der Waals surface area contributed by atoms with E-state index in [0.29, 0.717) is 18.0 Å². The summed E-state index contributed by atoms with van der Waals surface area (Å²) >= 11 is 1.32. The predicted octanol–water partition coefficient (Wildman–Crippen LogP) is 0.152. The molecule has 1 atom stereocenters. The lowest BCUT2D eigenvalue weighted by molar-refractivity contribution is -0.0174. The molecule has 0 aromatic carbocycles. The Morgan fingerprint density at radius 1 is 1.65 bits per heavy atom. The molecule has 1 amide bonds. The van der Waals surface area contributed by atoms with Gasteiger partial charge in [-0.15, -0.1) is 11.3 Å². The lowest BCUT2D eigenvalue weighted by atomic mass is 10.3. The zero-order chi connectivity index (χ0) is 14.4. The van der Waals surface area contributed by atoms with Crippen molar-refractivity contribution in [3.63, 3.8) is 0 Å². The maximum Gasteiger partial charge on any atom is 0.261 e. The molecule has 6 heteroatoms. The van der Waals surface area contributed by atoms with E-state index in [0.717, 1.165) is 18.0 Å². The highest BCUT2D eigenvalue weighted by Gasteiger charge is 2.18. The second kappa shape index (κ2) is 7.41. The number of ether oxygens (including phenoxy) is 1. The van der Waals surface area contributed by atoms with Gasteiger partial charge in [0.15, 0.2) is 0 Å². The minimum absolute atomic E-state index is 0.0475. The fourth-order valence-corrected chi connectivity index (χ4v) is 2.73. The van der Waals surface area contributed by atoms with Crippen molar-refractivity contribution in [1.82, 2.24) is 10.2 Å². The molecule has 2 rings (SSSR count). The number of hydrogen-bond acceptors (Lipinski definition) is 5. The van der Waals surface area contributed by atoms with Crippen molar-refractivity contribution in [3.05, 3.63) is 21.9 Å². The summed E-state index contributed by atoms with van der Waals surface area (Å²) in [7, 11) is 2.04. The van der Waals surface area contributed by atoms with Crippen molar-refractivity contribution in [3.8, 4) is 11.8 Å². The molecule has 2 N–H and O–H groups in total. The zero-order valence-corrected chi connectivity index (χ0v) is 12.2. The van der Waals surface area contributed by atoms with Crippen LogP contribution in [0.15, 0.2) is 12.1 Å². The van der Waals surface area contributed by atoms with Gasteiger partial charge in [0.25, 0.3) is 5.91 Å². The van der Waals surface area contributed by atoms with Gasteiger partial charge >= 0.3 is 0 Å². The summed E-state index contributed by atoms with van der Waals surface area (Å²) in [6, 6.07) is 3.53. The van der Waals surface area contributed by atoms with E-state index >= 15 is 0 Å². The monoisotopic (exact) mass is 294 g/mol. The second-order valence-corrected chi connectivity index (χ2v) is 5.67. The van der Waals surface area contributed by atoms with Gasteiger partial charge in [0.1, 0.15) is 6.61 Å². The van der Waals surface area contributed by atoms with Crippen LogP contribution in [-0.4, -0.2) is 61.9 Å². The molecule has 2 heterocycles. The lowest BCUT2D eigenvalue weighted by Gasteiger charge is -2.30. The van der Waals surface area contributed by atoms with E-state index in [4.69, 9.17) is 9.84 Å². The minimum Gasteiger partial charge on any atom is -0.384 e. The molecule has 0 saturated carbocycles. The molecule has 5 nitrogen and oxygen atoms in total. The van der Waals surface area contributed by atoms with E-state index in [9.17, 15) is 4.79 Å². The number of hydrogen-bond donors (Lipinski definition) is 2. The number of morpholine rings is 1. The fraction of sp³-hybridized carbons (Fsp3) is 0.500. The molecule has 1 aromatic heterocycles. The summed E-state index contributed by atoms with van der Waals surface area (Å²) in [5.41, 5.74) is 0. The first kappa shape index (κ1) is 15.0. The molecular weight excluding hydrogens is 276 g/mol. The van der Waals surface area contributed by atoms with E-state index in [1.807, 2.05) is 7.05 Å². The number of carbonyl (C=O) groups is 1. The number of likely N-dealkylation sites (N-methyl/N-ethyl adjacent to an activating group) is 1. The normalized spacial score (nSPS) is 19.2. The predicted molar refractivity (Wildman–Crippen MR) is 77.9 cm³/mol.